The molecule has 1 nitrogen and oxygen atoms in total. The van der Waals surface area contributed by atoms with Crippen molar-refractivity contribution in [2.24, 2.45) is 0 Å². The van der Waals surface area contributed by atoms with Crippen LogP contribution in [0.15, 0.2) is 24.3 Å². The smallest absolute Gasteiger partial charge is 0.398 e. The van der Waals surface area contributed by atoms with E-state index in [4.69, 9.17) is 5.73 Å². The molecule has 0 aliphatic heterocycles. The van der Waals surface area contributed by atoms with E-state index in [0.29, 0.717) is 11.3 Å². The molecule has 0 bridgehead atoms. The Morgan fingerprint density at radius 1 is 1.07 bits per heavy atom. The maximum Gasteiger partial charge on any atom is 0.398 e. The van der Waals surface area contributed by atoms with Crippen LogP contribution in [0.4, 0.5) is 18.9 Å². The summed E-state index contributed by atoms with van der Waals surface area (Å²) in [7, 11) is 0. The predicted octanol–water partition coefficient (Wildman–Crippen LogP) is 3.28. The molecule has 1 aliphatic carbocycles. The molecule has 0 amide bonds. The monoisotopic (exact) mass is 237 g/mol. The van der Waals surface area contributed by atoms with Gasteiger partial charge in [-0.2, -0.15) is 13.2 Å². The Hall–Kier alpha value is -0.900. The van der Waals surface area contributed by atoms with E-state index in [2.05, 4.69) is 0 Å². The van der Waals surface area contributed by atoms with Crippen molar-refractivity contribution >= 4 is 18.1 Å². The van der Waals surface area contributed by atoms with Crippen LogP contribution in [0.1, 0.15) is 18.4 Å². The Balaban J connectivity index is 0.00000112. The van der Waals surface area contributed by atoms with Gasteiger partial charge in [-0.3, -0.25) is 0 Å². The normalized spacial score (nSPS) is 18.1. The first kappa shape index (κ1) is 12.2. The summed E-state index contributed by atoms with van der Waals surface area (Å²) in [6.45, 7) is 0. The van der Waals surface area contributed by atoms with Crippen LogP contribution in [0.25, 0.3) is 0 Å². The number of benzene rings is 1. The van der Waals surface area contributed by atoms with E-state index in [1.165, 1.54) is 24.3 Å². The summed E-state index contributed by atoms with van der Waals surface area (Å²) in [5, 5.41) is 0. The Bertz CT molecular complexity index is 341. The van der Waals surface area contributed by atoms with Gasteiger partial charge in [0.2, 0.25) is 0 Å². The van der Waals surface area contributed by atoms with Crippen molar-refractivity contribution in [1.82, 2.24) is 0 Å². The molecule has 1 aromatic carbocycles. The molecule has 2 N–H and O–H groups in total. The van der Waals surface area contributed by atoms with Gasteiger partial charge in [0.05, 0.1) is 5.41 Å². The summed E-state index contributed by atoms with van der Waals surface area (Å²) < 4.78 is 38.0. The lowest BCUT2D eigenvalue weighted by molar-refractivity contribution is -0.160. The average Bonchev–Trinajstić information content (AvgIpc) is 2.84. The highest BCUT2D eigenvalue weighted by Gasteiger charge is 2.64. The third-order valence-electron chi connectivity index (χ3n) is 2.76. The van der Waals surface area contributed by atoms with Gasteiger partial charge in [-0.05, 0) is 30.5 Å². The first-order valence-corrected chi connectivity index (χ1v) is 4.38. The van der Waals surface area contributed by atoms with Gasteiger partial charge in [0.15, 0.2) is 0 Å². The summed E-state index contributed by atoms with van der Waals surface area (Å²) in [6.07, 6.45) is -3.75. The summed E-state index contributed by atoms with van der Waals surface area (Å²) >= 11 is 0. The van der Waals surface area contributed by atoms with Gasteiger partial charge >= 0.3 is 6.18 Å². The van der Waals surface area contributed by atoms with Crippen LogP contribution in [-0.4, -0.2) is 6.18 Å². The maximum absolute atomic E-state index is 12.7. The molecular weight excluding hydrogens is 227 g/mol. The number of nitrogen functional groups attached to an aromatic ring is 1. The van der Waals surface area contributed by atoms with Gasteiger partial charge in [0, 0.05) is 5.69 Å². The molecule has 1 saturated carbocycles. The highest BCUT2D eigenvalue weighted by Crippen LogP contribution is 2.58. The van der Waals surface area contributed by atoms with Crippen LogP contribution in [0.3, 0.4) is 0 Å². The molecule has 0 heterocycles. The fraction of sp³-hybridized carbons (Fsp3) is 0.400. The first-order valence-electron chi connectivity index (χ1n) is 4.38. The van der Waals surface area contributed by atoms with Crippen LogP contribution < -0.4 is 5.73 Å². The van der Waals surface area contributed by atoms with Crippen LogP contribution in [0.2, 0.25) is 0 Å². The van der Waals surface area contributed by atoms with Gasteiger partial charge in [-0.15, -0.1) is 12.4 Å². The molecule has 5 heteroatoms. The molecule has 1 fully saturated rings. The van der Waals surface area contributed by atoms with Gasteiger partial charge in [-0.1, -0.05) is 12.1 Å². The summed E-state index contributed by atoms with van der Waals surface area (Å²) in [4.78, 5) is 0. The second-order valence-corrected chi connectivity index (χ2v) is 3.70. The fourth-order valence-electron chi connectivity index (χ4n) is 1.66. The largest absolute Gasteiger partial charge is 0.399 e. The number of rotatable bonds is 1. The van der Waals surface area contributed by atoms with E-state index in [9.17, 15) is 13.2 Å². The van der Waals surface area contributed by atoms with Crippen molar-refractivity contribution in [2.45, 2.75) is 24.4 Å². The van der Waals surface area contributed by atoms with Gasteiger partial charge in [-0.25, -0.2) is 0 Å². The van der Waals surface area contributed by atoms with Crippen molar-refractivity contribution in [1.29, 1.82) is 0 Å². The van der Waals surface area contributed by atoms with E-state index in [1.54, 1.807) is 0 Å². The Morgan fingerprint density at radius 3 is 1.87 bits per heavy atom. The Labute approximate surface area is 91.9 Å². The van der Waals surface area contributed by atoms with E-state index in [0.717, 1.165) is 0 Å². The van der Waals surface area contributed by atoms with Gasteiger partial charge in [0.25, 0.3) is 0 Å². The van der Waals surface area contributed by atoms with Gasteiger partial charge < -0.3 is 5.73 Å². The highest BCUT2D eigenvalue weighted by molar-refractivity contribution is 5.85. The molecule has 0 atom stereocenters. The van der Waals surface area contributed by atoms with Crippen molar-refractivity contribution in [2.75, 3.05) is 5.73 Å². The van der Waals surface area contributed by atoms with E-state index >= 15 is 0 Å². The minimum atomic E-state index is -4.14. The number of alkyl halides is 3. The van der Waals surface area contributed by atoms with Gasteiger partial charge in [0.1, 0.15) is 0 Å². The van der Waals surface area contributed by atoms with Crippen LogP contribution in [-0.2, 0) is 5.41 Å². The summed E-state index contributed by atoms with van der Waals surface area (Å²) in [5.74, 6) is 0. The minimum absolute atomic E-state index is 0. The van der Waals surface area contributed by atoms with Crippen LogP contribution >= 0.6 is 12.4 Å². The quantitative estimate of drug-likeness (QED) is 0.746. The highest BCUT2D eigenvalue weighted by atomic mass is 35.5. The summed E-state index contributed by atoms with van der Waals surface area (Å²) in [5.41, 5.74) is 4.66. The second-order valence-electron chi connectivity index (χ2n) is 3.70. The number of hydrogen-bond donors (Lipinski definition) is 1. The van der Waals surface area contributed by atoms with Crippen molar-refractivity contribution in [3.63, 3.8) is 0 Å². The SMILES string of the molecule is Cl.Nc1ccc(C2(C(F)(F)F)CC2)cc1. The number of nitrogens with two attached hydrogens (primary N) is 1. The maximum atomic E-state index is 12.7. The molecule has 0 spiro atoms. The minimum Gasteiger partial charge on any atom is -0.399 e. The zero-order chi connectivity index (χ0) is 10.4. The summed E-state index contributed by atoms with van der Waals surface area (Å²) in [6, 6.07) is 5.97. The molecule has 84 valence electrons. The Kier molecular flexibility index (Phi) is 2.92. The number of anilines is 1. The van der Waals surface area contributed by atoms with Crippen molar-refractivity contribution in [3.05, 3.63) is 29.8 Å². The molecule has 0 aromatic heterocycles. The van der Waals surface area contributed by atoms with Crippen molar-refractivity contribution < 1.29 is 13.2 Å². The zero-order valence-electron chi connectivity index (χ0n) is 7.84. The third kappa shape index (κ3) is 1.91. The van der Waals surface area contributed by atoms with E-state index in [-0.39, 0.29) is 25.2 Å². The molecular formula is C10H11ClF3N. The Morgan fingerprint density at radius 2 is 1.53 bits per heavy atom. The standard InChI is InChI=1S/C10H10F3N.ClH/c11-10(12,13)9(5-6-9)7-1-3-8(14)4-2-7;/h1-4H,5-6,14H2;1H. The molecule has 0 saturated heterocycles. The average molecular weight is 238 g/mol. The second kappa shape index (κ2) is 3.59. The lowest BCUT2D eigenvalue weighted by Crippen LogP contribution is -2.28. The molecule has 15 heavy (non-hydrogen) atoms. The predicted molar refractivity (Wildman–Crippen MR) is 55.1 cm³/mol. The van der Waals surface area contributed by atoms with Crippen LogP contribution in [0, 0.1) is 0 Å². The first-order chi connectivity index (χ1) is 6.46. The lowest BCUT2D eigenvalue weighted by atomic mass is 9.95. The van der Waals surface area contributed by atoms with E-state index in [1.807, 2.05) is 0 Å². The number of hydrogen-bond acceptors (Lipinski definition) is 1. The lowest BCUT2D eigenvalue weighted by Gasteiger charge is -2.19. The van der Waals surface area contributed by atoms with Crippen molar-refractivity contribution in [3.8, 4) is 0 Å². The molecule has 0 unspecified atom stereocenters. The topological polar surface area (TPSA) is 26.0 Å². The zero-order valence-corrected chi connectivity index (χ0v) is 8.66. The fourth-order valence-corrected chi connectivity index (χ4v) is 1.66. The number of halogens is 4. The molecule has 2 rings (SSSR count). The molecule has 1 aliphatic rings. The van der Waals surface area contributed by atoms with Crippen LogP contribution in [0.5, 0.6) is 0 Å². The third-order valence-corrected chi connectivity index (χ3v) is 2.76. The van der Waals surface area contributed by atoms with E-state index < -0.39 is 11.6 Å². The molecule has 1 aromatic rings. The molecule has 0 radical (unpaired) electrons.